The van der Waals surface area contributed by atoms with E-state index in [4.69, 9.17) is 9.26 Å². The van der Waals surface area contributed by atoms with E-state index in [1.165, 1.54) is 0 Å². The van der Waals surface area contributed by atoms with Crippen LogP contribution >= 0.6 is 0 Å². The summed E-state index contributed by atoms with van der Waals surface area (Å²) in [6, 6.07) is 5.46. The van der Waals surface area contributed by atoms with Crippen molar-refractivity contribution in [3.8, 4) is 5.88 Å². The Bertz CT molecular complexity index is 414. The van der Waals surface area contributed by atoms with Crippen molar-refractivity contribution in [1.29, 1.82) is 0 Å². The summed E-state index contributed by atoms with van der Waals surface area (Å²) < 4.78 is 10.3. The summed E-state index contributed by atoms with van der Waals surface area (Å²) >= 11 is 0. The molecule has 0 N–H and O–H groups in total. The molecule has 2 heterocycles. The quantitative estimate of drug-likeness (QED) is 0.758. The average Bonchev–Trinajstić information content (AvgIpc) is 2.76. The molecule has 0 aliphatic heterocycles. The van der Waals surface area contributed by atoms with Crippen molar-refractivity contribution >= 4 is 0 Å². The van der Waals surface area contributed by atoms with Gasteiger partial charge >= 0.3 is 0 Å². The molecule has 0 saturated carbocycles. The van der Waals surface area contributed by atoms with Crippen molar-refractivity contribution in [3.63, 3.8) is 0 Å². The molecule has 0 saturated heterocycles. The van der Waals surface area contributed by atoms with Crippen molar-refractivity contribution in [2.45, 2.75) is 20.0 Å². The zero-order valence-corrected chi connectivity index (χ0v) is 8.38. The number of ether oxygens (including phenoxy) is 1. The summed E-state index contributed by atoms with van der Waals surface area (Å²) in [5.41, 5.74) is 0. The number of nitrogens with zero attached hydrogens (tertiary/aromatic N) is 3. The molecule has 0 amide bonds. The van der Waals surface area contributed by atoms with Crippen LogP contribution in [0, 0.1) is 0 Å². The lowest BCUT2D eigenvalue weighted by Crippen LogP contribution is -1.97. The first kappa shape index (κ1) is 9.64. The number of aromatic nitrogens is 3. The van der Waals surface area contributed by atoms with E-state index in [0.29, 0.717) is 17.6 Å². The Labute approximate surface area is 87.1 Å². The van der Waals surface area contributed by atoms with Gasteiger partial charge in [-0.05, 0) is 6.07 Å². The van der Waals surface area contributed by atoms with Gasteiger partial charge in [-0.15, -0.1) is 0 Å². The van der Waals surface area contributed by atoms with Gasteiger partial charge in [0.25, 0.3) is 5.89 Å². The van der Waals surface area contributed by atoms with Crippen LogP contribution in [-0.2, 0) is 13.0 Å². The highest BCUT2D eigenvalue weighted by Gasteiger charge is 2.05. The van der Waals surface area contributed by atoms with Gasteiger partial charge in [-0.1, -0.05) is 18.1 Å². The SMILES string of the molecule is CCc1noc(COc2ccccn2)n1. The van der Waals surface area contributed by atoms with Crippen LogP contribution in [-0.4, -0.2) is 15.1 Å². The van der Waals surface area contributed by atoms with Crippen LogP contribution in [0.5, 0.6) is 5.88 Å². The first-order valence-electron chi connectivity index (χ1n) is 4.74. The number of hydrogen-bond donors (Lipinski definition) is 0. The lowest BCUT2D eigenvalue weighted by molar-refractivity contribution is 0.235. The summed E-state index contributed by atoms with van der Waals surface area (Å²) in [6.45, 7) is 2.22. The van der Waals surface area contributed by atoms with Crippen LogP contribution in [0.25, 0.3) is 0 Å². The fourth-order valence-corrected chi connectivity index (χ4v) is 1.06. The first-order chi connectivity index (χ1) is 7.38. The topological polar surface area (TPSA) is 61.0 Å². The predicted octanol–water partition coefficient (Wildman–Crippen LogP) is 1.61. The van der Waals surface area contributed by atoms with E-state index >= 15 is 0 Å². The molecule has 2 aromatic heterocycles. The van der Waals surface area contributed by atoms with E-state index < -0.39 is 0 Å². The minimum Gasteiger partial charge on any atom is -0.468 e. The van der Waals surface area contributed by atoms with Gasteiger partial charge in [-0.2, -0.15) is 4.98 Å². The lowest BCUT2D eigenvalue weighted by atomic mass is 10.5. The molecule has 0 bridgehead atoms. The predicted molar refractivity (Wildman–Crippen MR) is 52.2 cm³/mol. The highest BCUT2D eigenvalue weighted by Crippen LogP contribution is 2.06. The van der Waals surface area contributed by atoms with Crippen LogP contribution in [0.3, 0.4) is 0 Å². The Kier molecular flexibility index (Phi) is 2.92. The van der Waals surface area contributed by atoms with Gasteiger partial charge in [0.05, 0.1) is 0 Å². The minimum absolute atomic E-state index is 0.254. The first-order valence-corrected chi connectivity index (χ1v) is 4.74. The smallest absolute Gasteiger partial charge is 0.264 e. The molecule has 0 aliphatic carbocycles. The van der Waals surface area contributed by atoms with Crippen molar-refractivity contribution in [2.24, 2.45) is 0 Å². The van der Waals surface area contributed by atoms with E-state index in [2.05, 4.69) is 15.1 Å². The molecular formula is C10H11N3O2. The molecule has 0 spiro atoms. The van der Waals surface area contributed by atoms with Gasteiger partial charge in [0.2, 0.25) is 5.88 Å². The zero-order chi connectivity index (χ0) is 10.5. The second-order valence-corrected chi connectivity index (χ2v) is 2.91. The number of aryl methyl sites for hydroxylation is 1. The van der Waals surface area contributed by atoms with Gasteiger partial charge in [0.1, 0.15) is 0 Å². The van der Waals surface area contributed by atoms with Gasteiger partial charge in [0, 0.05) is 18.7 Å². The molecule has 0 unspecified atom stereocenters. The van der Waals surface area contributed by atoms with Crippen LogP contribution in [0.1, 0.15) is 18.6 Å². The van der Waals surface area contributed by atoms with Crippen LogP contribution in [0.2, 0.25) is 0 Å². The Morgan fingerprint density at radius 3 is 3.00 bits per heavy atom. The maximum atomic E-state index is 5.34. The fourth-order valence-electron chi connectivity index (χ4n) is 1.06. The van der Waals surface area contributed by atoms with Crippen molar-refractivity contribution in [1.82, 2.24) is 15.1 Å². The molecule has 0 fully saturated rings. The van der Waals surface area contributed by atoms with Crippen LogP contribution < -0.4 is 4.74 Å². The standard InChI is InChI=1S/C10H11N3O2/c1-2-8-12-10(15-13-8)7-14-9-5-3-4-6-11-9/h3-6H,2,7H2,1H3. The molecule has 5 nitrogen and oxygen atoms in total. The molecule has 15 heavy (non-hydrogen) atoms. The van der Waals surface area contributed by atoms with Crippen molar-refractivity contribution in [3.05, 3.63) is 36.1 Å². The van der Waals surface area contributed by atoms with Crippen molar-refractivity contribution in [2.75, 3.05) is 0 Å². The third kappa shape index (κ3) is 2.52. The summed E-state index contributed by atoms with van der Waals surface area (Å²) in [6.07, 6.45) is 2.42. The monoisotopic (exact) mass is 205 g/mol. The molecule has 0 aliphatic rings. The molecule has 0 aromatic carbocycles. The summed E-state index contributed by atoms with van der Waals surface area (Å²) in [4.78, 5) is 8.12. The zero-order valence-electron chi connectivity index (χ0n) is 8.38. The number of rotatable bonds is 4. The highest BCUT2D eigenvalue weighted by molar-refractivity contribution is 5.09. The second kappa shape index (κ2) is 4.54. The maximum absolute atomic E-state index is 5.34. The molecule has 0 radical (unpaired) electrons. The second-order valence-electron chi connectivity index (χ2n) is 2.91. The van der Waals surface area contributed by atoms with Crippen LogP contribution in [0.4, 0.5) is 0 Å². The Hall–Kier alpha value is -1.91. The molecule has 5 heteroatoms. The molecular weight excluding hydrogens is 194 g/mol. The Balaban J connectivity index is 1.93. The van der Waals surface area contributed by atoms with E-state index in [1.807, 2.05) is 19.1 Å². The van der Waals surface area contributed by atoms with E-state index in [0.717, 1.165) is 6.42 Å². The van der Waals surface area contributed by atoms with E-state index in [1.54, 1.807) is 12.3 Å². The lowest BCUT2D eigenvalue weighted by Gasteiger charge is -1.99. The number of hydrogen-bond acceptors (Lipinski definition) is 5. The van der Waals surface area contributed by atoms with Gasteiger partial charge in [0.15, 0.2) is 12.4 Å². The van der Waals surface area contributed by atoms with Gasteiger partial charge < -0.3 is 9.26 Å². The maximum Gasteiger partial charge on any atom is 0.264 e. The highest BCUT2D eigenvalue weighted by atomic mass is 16.5. The summed E-state index contributed by atoms with van der Waals surface area (Å²) in [7, 11) is 0. The summed E-state index contributed by atoms with van der Waals surface area (Å²) in [5, 5.41) is 3.76. The van der Waals surface area contributed by atoms with Gasteiger partial charge in [-0.25, -0.2) is 4.98 Å². The average molecular weight is 205 g/mol. The van der Waals surface area contributed by atoms with Crippen molar-refractivity contribution < 1.29 is 9.26 Å². The normalized spacial score (nSPS) is 10.2. The third-order valence-electron chi connectivity index (χ3n) is 1.81. The Morgan fingerprint density at radius 2 is 2.33 bits per heavy atom. The third-order valence-corrected chi connectivity index (χ3v) is 1.81. The summed E-state index contributed by atoms with van der Waals surface area (Å²) in [5.74, 6) is 1.71. The molecule has 0 atom stereocenters. The van der Waals surface area contributed by atoms with E-state index in [-0.39, 0.29) is 6.61 Å². The number of pyridine rings is 1. The van der Waals surface area contributed by atoms with E-state index in [9.17, 15) is 0 Å². The fraction of sp³-hybridized carbons (Fsp3) is 0.300. The molecule has 2 aromatic rings. The minimum atomic E-state index is 0.254. The molecule has 78 valence electrons. The largest absolute Gasteiger partial charge is 0.468 e. The Morgan fingerprint density at radius 1 is 1.40 bits per heavy atom. The molecule has 2 rings (SSSR count). The van der Waals surface area contributed by atoms with Crippen LogP contribution in [0.15, 0.2) is 28.9 Å². The van der Waals surface area contributed by atoms with Gasteiger partial charge in [-0.3, -0.25) is 0 Å².